The van der Waals surface area contributed by atoms with Crippen molar-refractivity contribution >= 4 is 43.6 Å². The predicted molar refractivity (Wildman–Crippen MR) is 104 cm³/mol. The minimum absolute atomic E-state index is 0.501. The second kappa shape index (κ2) is 8.25. The Kier molecular flexibility index (Phi) is 6.03. The van der Waals surface area contributed by atoms with Gasteiger partial charge in [0.1, 0.15) is 0 Å². The lowest BCUT2D eigenvalue weighted by molar-refractivity contribution is 0.354. The van der Waals surface area contributed by atoms with Crippen LogP contribution in [-0.2, 0) is 5.75 Å². The molecule has 1 aromatic heterocycles. The van der Waals surface area contributed by atoms with Crippen LogP contribution in [0.5, 0.6) is 11.5 Å². The number of ether oxygens (including phenoxy) is 2. The third-order valence-corrected chi connectivity index (χ3v) is 5.54. The fourth-order valence-corrected chi connectivity index (χ4v) is 3.79. The highest BCUT2D eigenvalue weighted by Gasteiger charge is 2.13. The maximum atomic E-state index is 5.73. The molecule has 25 heavy (non-hydrogen) atoms. The van der Waals surface area contributed by atoms with Crippen LogP contribution in [0, 0.1) is 0 Å². The van der Waals surface area contributed by atoms with Gasteiger partial charge in [0.05, 0.1) is 14.2 Å². The average molecular weight is 486 g/mol. The highest BCUT2D eigenvalue weighted by molar-refractivity contribution is 9.10. The molecule has 2 aromatic carbocycles. The number of rotatable bonds is 6. The Morgan fingerprint density at radius 3 is 2.36 bits per heavy atom. The third kappa shape index (κ3) is 4.37. The van der Waals surface area contributed by atoms with Crippen molar-refractivity contribution in [3.63, 3.8) is 0 Å². The molecule has 0 aliphatic carbocycles. The summed E-state index contributed by atoms with van der Waals surface area (Å²) in [5, 5.41) is 8.72. The van der Waals surface area contributed by atoms with Crippen LogP contribution in [0.1, 0.15) is 5.56 Å². The van der Waals surface area contributed by atoms with Gasteiger partial charge in [-0.1, -0.05) is 43.6 Å². The summed E-state index contributed by atoms with van der Waals surface area (Å²) in [6, 6.07) is 11.5. The second-order valence-electron chi connectivity index (χ2n) is 4.97. The topological polar surface area (TPSA) is 57.4 Å². The molecule has 1 heterocycles. The van der Waals surface area contributed by atoms with Gasteiger partial charge in [-0.2, -0.15) is 0 Å². The van der Waals surface area contributed by atoms with Crippen molar-refractivity contribution in [3.8, 4) is 23.0 Å². The van der Waals surface area contributed by atoms with E-state index in [4.69, 9.17) is 13.9 Å². The Bertz CT molecular complexity index is 869. The Morgan fingerprint density at radius 2 is 1.68 bits per heavy atom. The van der Waals surface area contributed by atoms with E-state index in [2.05, 4.69) is 42.1 Å². The van der Waals surface area contributed by atoms with Crippen LogP contribution < -0.4 is 9.47 Å². The first-order valence-electron chi connectivity index (χ1n) is 7.23. The zero-order valence-corrected chi connectivity index (χ0v) is 17.4. The van der Waals surface area contributed by atoms with Crippen LogP contribution >= 0.6 is 43.6 Å². The molecule has 0 radical (unpaired) electrons. The van der Waals surface area contributed by atoms with Crippen molar-refractivity contribution < 1.29 is 13.9 Å². The number of hydrogen-bond donors (Lipinski definition) is 0. The monoisotopic (exact) mass is 484 g/mol. The van der Waals surface area contributed by atoms with E-state index >= 15 is 0 Å². The number of methoxy groups -OCH3 is 2. The number of halogens is 2. The van der Waals surface area contributed by atoms with Gasteiger partial charge >= 0.3 is 0 Å². The second-order valence-corrected chi connectivity index (χ2v) is 7.66. The first-order chi connectivity index (χ1) is 12.1. The third-order valence-electron chi connectivity index (χ3n) is 3.40. The molecular formula is C17H14Br2N2O3S. The Morgan fingerprint density at radius 1 is 1.00 bits per heavy atom. The summed E-state index contributed by atoms with van der Waals surface area (Å²) in [4.78, 5) is 0. The Labute approximate surface area is 166 Å². The van der Waals surface area contributed by atoms with Crippen LogP contribution in [0.15, 0.2) is 55.0 Å². The molecule has 0 fully saturated rings. The Hall–Kier alpha value is -1.51. The van der Waals surface area contributed by atoms with Gasteiger partial charge in [-0.3, -0.25) is 0 Å². The van der Waals surface area contributed by atoms with E-state index in [0.29, 0.717) is 28.4 Å². The predicted octanol–water partition coefficient (Wildman–Crippen LogP) is 5.57. The van der Waals surface area contributed by atoms with Crippen molar-refractivity contribution in [2.24, 2.45) is 0 Å². The van der Waals surface area contributed by atoms with Gasteiger partial charge in [0.2, 0.25) is 5.89 Å². The molecule has 0 saturated carbocycles. The van der Waals surface area contributed by atoms with Crippen LogP contribution in [0.25, 0.3) is 11.5 Å². The fraction of sp³-hybridized carbons (Fsp3) is 0.176. The highest BCUT2D eigenvalue weighted by Crippen LogP contribution is 2.36. The van der Waals surface area contributed by atoms with E-state index in [-0.39, 0.29) is 0 Å². The van der Waals surface area contributed by atoms with Gasteiger partial charge in [-0.05, 0) is 42.0 Å². The molecule has 0 N–H and O–H groups in total. The fourth-order valence-electron chi connectivity index (χ4n) is 2.12. The molecule has 8 heteroatoms. The van der Waals surface area contributed by atoms with Gasteiger partial charge in [-0.15, -0.1) is 10.2 Å². The van der Waals surface area contributed by atoms with E-state index in [0.717, 1.165) is 20.1 Å². The lowest BCUT2D eigenvalue weighted by Crippen LogP contribution is -1.93. The molecule has 3 aromatic rings. The number of thioether (sulfide) groups is 1. The molecule has 0 bridgehead atoms. The summed E-state index contributed by atoms with van der Waals surface area (Å²) in [7, 11) is 3.23. The minimum atomic E-state index is 0.501. The van der Waals surface area contributed by atoms with Crippen LogP contribution in [0.3, 0.4) is 0 Å². The van der Waals surface area contributed by atoms with Crippen molar-refractivity contribution in [3.05, 3.63) is 50.9 Å². The largest absolute Gasteiger partial charge is 0.493 e. The number of benzene rings is 2. The molecule has 0 aliphatic heterocycles. The van der Waals surface area contributed by atoms with E-state index < -0.39 is 0 Å². The van der Waals surface area contributed by atoms with Gasteiger partial charge < -0.3 is 13.9 Å². The minimum Gasteiger partial charge on any atom is -0.493 e. The van der Waals surface area contributed by atoms with Gasteiger partial charge in [0, 0.05) is 20.3 Å². The van der Waals surface area contributed by atoms with Gasteiger partial charge in [0.25, 0.3) is 5.22 Å². The lowest BCUT2D eigenvalue weighted by atomic mass is 10.2. The van der Waals surface area contributed by atoms with Crippen LogP contribution in [0.2, 0.25) is 0 Å². The highest BCUT2D eigenvalue weighted by atomic mass is 79.9. The molecule has 0 spiro atoms. The van der Waals surface area contributed by atoms with Crippen molar-refractivity contribution in [2.75, 3.05) is 14.2 Å². The van der Waals surface area contributed by atoms with Crippen LogP contribution in [-0.4, -0.2) is 24.4 Å². The van der Waals surface area contributed by atoms with E-state index in [1.54, 1.807) is 14.2 Å². The molecule has 0 atom stereocenters. The summed E-state index contributed by atoms with van der Waals surface area (Å²) >= 11 is 8.42. The van der Waals surface area contributed by atoms with Crippen molar-refractivity contribution in [1.29, 1.82) is 0 Å². The molecular weight excluding hydrogens is 472 g/mol. The number of nitrogens with zero attached hydrogens (tertiary/aromatic N) is 2. The number of aromatic nitrogens is 2. The summed E-state index contributed by atoms with van der Waals surface area (Å²) in [6.07, 6.45) is 0. The molecule has 130 valence electrons. The standard InChI is InChI=1S/C17H14Br2N2O3S/c1-22-14-7-11(13(19)8-15(14)23-2)9-25-17-21-20-16(24-17)10-3-5-12(18)6-4-10/h3-8H,9H2,1-2H3. The molecule has 0 saturated heterocycles. The lowest BCUT2D eigenvalue weighted by Gasteiger charge is -2.11. The van der Waals surface area contributed by atoms with Crippen molar-refractivity contribution in [2.45, 2.75) is 11.0 Å². The van der Waals surface area contributed by atoms with E-state index in [1.807, 2.05) is 36.4 Å². The smallest absolute Gasteiger partial charge is 0.277 e. The van der Waals surface area contributed by atoms with E-state index in [9.17, 15) is 0 Å². The summed E-state index contributed by atoms with van der Waals surface area (Å²) in [5.41, 5.74) is 1.93. The summed E-state index contributed by atoms with van der Waals surface area (Å²) < 4.78 is 18.3. The molecule has 0 unspecified atom stereocenters. The summed E-state index contributed by atoms with van der Waals surface area (Å²) in [5.74, 6) is 2.52. The molecule has 5 nitrogen and oxygen atoms in total. The average Bonchev–Trinajstić information content (AvgIpc) is 3.10. The Balaban J connectivity index is 1.73. The number of hydrogen-bond acceptors (Lipinski definition) is 6. The SMILES string of the molecule is COc1cc(Br)c(CSc2nnc(-c3ccc(Br)cc3)o2)cc1OC. The molecule has 3 rings (SSSR count). The molecule has 0 aliphatic rings. The van der Waals surface area contributed by atoms with E-state index in [1.165, 1.54) is 11.8 Å². The van der Waals surface area contributed by atoms with Gasteiger partial charge in [-0.25, -0.2) is 0 Å². The van der Waals surface area contributed by atoms with Crippen LogP contribution in [0.4, 0.5) is 0 Å². The maximum Gasteiger partial charge on any atom is 0.277 e. The van der Waals surface area contributed by atoms with Crippen molar-refractivity contribution in [1.82, 2.24) is 10.2 Å². The summed E-state index contributed by atoms with van der Waals surface area (Å²) in [6.45, 7) is 0. The first kappa shape index (κ1) is 18.3. The quantitative estimate of drug-likeness (QED) is 0.425. The zero-order valence-electron chi connectivity index (χ0n) is 13.5. The zero-order chi connectivity index (χ0) is 17.8. The maximum absolute atomic E-state index is 5.73. The molecule has 0 amide bonds. The van der Waals surface area contributed by atoms with Gasteiger partial charge in [0.15, 0.2) is 11.5 Å². The normalized spacial score (nSPS) is 10.7. The first-order valence-corrected chi connectivity index (χ1v) is 9.80.